The largest absolute Gasteiger partial charge is 1.00 e. The summed E-state index contributed by atoms with van der Waals surface area (Å²) in [7, 11) is 0. The standard InChI is InChI=1S/2C12H22N4O2.2Cu/c2*1-9(11(3)15-17)13-7-5-6-8-14-10(2)12(4)16-18;;/h2*17-18H,5-8H2,1-4H3;;/q;;2*+1/b2*13-9?,14-10?,15-11+,16-12+;;. The average Bonchev–Trinajstić information content (AvgIpc) is 2.89. The molecule has 0 aromatic carbocycles. The Morgan fingerprint density at radius 3 is 0.632 bits per heavy atom. The molecule has 0 amide bonds. The molecule has 14 heteroatoms. The first-order valence-electron chi connectivity index (χ1n) is 11.9. The van der Waals surface area contributed by atoms with Gasteiger partial charge in [-0.15, -0.1) is 0 Å². The molecular formula is C24H44Cu2N8O4+2. The van der Waals surface area contributed by atoms with Gasteiger partial charge < -0.3 is 20.8 Å². The van der Waals surface area contributed by atoms with Gasteiger partial charge in [-0.25, -0.2) is 0 Å². The summed E-state index contributed by atoms with van der Waals surface area (Å²) in [5.41, 5.74) is 5.16. The third-order valence-electron chi connectivity index (χ3n) is 5.22. The zero-order chi connectivity index (χ0) is 27.9. The Labute approximate surface area is 247 Å². The van der Waals surface area contributed by atoms with E-state index in [4.69, 9.17) is 20.8 Å². The number of oxime groups is 4. The first kappa shape index (κ1) is 42.7. The van der Waals surface area contributed by atoms with Crippen LogP contribution in [0.3, 0.4) is 0 Å². The van der Waals surface area contributed by atoms with E-state index < -0.39 is 0 Å². The molecule has 0 spiro atoms. The van der Waals surface area contributed by atoms with E-state index in [1.54, 1.807) is 27.7 Å². The number of aliphatic imine (C=N–C) groups is 4. The minimum absolute atomic E-state index is 0. The second-order valence-corrected chi connectivity index (χ2v) is 8.02. The van der Waals surface area contributed by atoms with Crippen LogP contribution in [-0.2, 0) is 34.1 Å². The topological polar surface area (TPSA) is 180 Å². The van der Waals surface area contributed by atoms with E-state index in [1.807, 2.05) is 27.7 Å². The van der Waals surface area contributed by atoms with Crippen molar-refractivity contribution in [2.24, 2.45) is 40.6 Å². The quantitative estimate of drug-likeness (QED) is 0.0706. The van der Waals surface area contributed by atoms with Crippen LogP contribution in [0.15, 0.2) is 40.6 Å². The van der Waals surface area contributed by atoms with Crippen molar-refractivity contribution in [1.82, 2.24) is 0 Å². The van der Waals surface area contributed by atoms with E-state index in [-0.39, 0.29) is 34.1 Å². The second-order valence-electron chi connectivity index (χ2n) is 8.02. The fraction of sp³-hybridized carbons (Fsp3) is 0.667. The van der Waals surface area contributed by atoms with Crippen molar-refractivity contribution in [2.45, 2.75) is 81.1 Å². The van der Waals surface area contributed by atoms with Crippen LogP contribution in [0.25, 0.3) is 0 Å². The van der Waals surface area contributed by atoms with E-state index >= 15 is 0 Å². The molecule has 0 bridgehead atoms. The molecule has 0 radical (unpaired) electrons. The Bertz CT molecular complexity index is 752. The zero-order valence-corrected chi connectivity index (χ0v) is 25.5. The normalized spacial score (nSPS) is 14.3. The molecule has 0 saturated heterocycles. The molecule has 12 nitrogen and oxygen atoms in total. The Kier molecular flexibility index (Phi) is 31.0. The zero-order valence-electron chi connectivity index (χ0n) is 23.6. The Morgan fingerprint density at radius 1 is 0.342 bits per heavy atom. The van der Waals surface area contributed by atoms with Gasteiger partial charge >= 0.3 is 34.1 Å². The third kappa shape index (κ3) is 22.8. The van der Waals surface area contributed by atoms with Gasteiger partial charge in [0.05, 0.1) is 45.7 Å². The summed E-state index contributed by atoms with van der Waals surface area (Å²) in [5, 5.41) is 46.5. The molecule has 0 aliphatic carbocycles. The number of hydrogen-bond acceptors (Lipinski definition) is 12. The van der Waals surface area contributed by atoms with Crippen molar-refractivity contribution in [2.75, 3.05) is 26.2 Å². The van der Waals surface area contributed by atoms with Crippen LogP contribution in [0.4, 0.5) is 0 Å². The molecule has 0 fully saturated rings. The van der Waals surface area contributed by atoms with E-state index in [9.17, 15) is 0 Å². The van der Waals surface area contributed by atoms with Crippen molar-refractivity contribution < 1.29 is 55.0 Å². The summed E-state index contributed by atoms with van der Waals surface area (Å²) in [5.74, 6) is 0. The maximum Gasteiger partial charge on any atom is 1.00 e. The van der Waals surface area contributed by atoms with E-state index in [0.29, 0.717) is 49.0 Å². The van der Waals surface area contributed by atoms with Gasteiger partial charge in [-0.3, -0.25) is 20.0 Å². The summed E-state index contributed by atoms with van der Waals surface area (Å²) in [6.45, 7) is 16.9. The van der Waals surface area contributed by atoms with Gasteiger partial charge in [0.2, 0.25) is 0 Å². The number of rotatable bonds is 14. The Morgan fingerprint density at radius 2 is 0.500 bits per heavy atom. The molecule has 0 rings (SSSR count). The van der Waals surface area contributed by atoms with Crippen LogP contribution in [0.5, 0.6) is 0 Å². The minimum Gasteiger partial charge on any atom is -0.411 e. The minimum atomic E-state index is 0. The molecule has 0 aliphatic heterocycles. The third-order valence-corrected chi connectivity index (χ3v) is 5.22. The van der Waals surface area contributed by atoms with Crippen LogP contribution in [0, 0.1) is 0 Å². The number of hydrogen-bond donors (Lipinski definition) is 4. The molecule has 0 heterocycles. The van der Waals surface area contributed by atoms with E-state index in [0.717, 1.165) is 48.5 Å². The molecule has 0 aliphatic rings. The van der Waals surface area contributed by atoms with Crippen molar-refractivity contribution in [3.8, 4) is 0 Å². The van der Waals surface area contributed by atoms with Crippen LogP contribution in [0.1, 0.15) is 81.1 Å². The first-order chi connectivity index (χ1) is 17.0. The SMILES string of the molecule is CC(=NCCCCN=C(C)/C(C)=N/O)/C(C)=N/O.CC(=NCCCCN=C(C)/C(C)=N/O)/C(C)=N/O.[Cu+].[Cu+]. The van der Waals surface area contributed by atoms with Gasteiger partial charge in [0.1, 0.15) is 0 Å². The summed E-state index contributed by atoms with van der Waals surface area (Å²) in [6, 6.07) is 0. The summed E-state index contributed by atoms with van der Waals surface area (Å²) >= 11 is 0. The number of unbranched alkanes of at least 4 members (excludes halogenated alkanes) is 2. The maximum atomic E-state index is 8.54. The van der Waals surface area contributed by atoms with Gasteiger partial charge in [0.15, 0.2) is 0 Å². The summed E-state index contributed by atoms with van der Waals surface area (Å²) in [6.07, 6.45) is 3.68. The fourth-order valence-corrected chi connectivity index (χ4v) is 2.18. The van der Waals surface area contributed by atoms with Crippen molar-refractivity contribution in [1.29, 1.82) is 0 Å². The van der Waals surface area contributed by atoms with Crippen LogP contribution >= 0.6 is 0 Å². The summed E-state index contributed by atoms with van der Waals surface area (Å²) in [4.78, 5) is 17.1. The van der Waals surface area contributed by atoms with Gasteiger partial charge in [0.25, 0.3) is 0 Å². The van der Waals surface area contributed by atoms with E-state index in [1.165, 1.54) is 0 Å². The van der Waals surface area contributed by atoms with Crippen molar-refractivity contribution in [3.63, 3.8) is 0 Å². The van der Waals surface area contributed by atoms with Gasteiger partial charge in [-0.05, 0) is 81.1 Å². The Hall–Kier alpha value is -2.40. The molecule has 38 heavy (non-hydrogen) atoms. The van der Waals surface area contributed by atoms with Gasteiger partial charge in [-0.2, -0.15) is 0 Å². The van der Waals surface area contributed by atoms with Gasteiger partial charge in [0, 0.05) is 26.2 Å². The average molecular weight is 636 g/mol. The second kappa shape index (κ2) is 27.6. The fourth-order valence-electron chi connectivity index (χ4n) is 2.18. The van der Waals surface area contributed by atoms with Gasteiger partial charge in [-0.1, -0.05) is 20.6 Å². The molecule has 224 valence electrons. The van der Waals surface area contributed by atoms with E-state index in [2.05, 4.69) is 40.6 Å². The smallest absolute Gasteiger partial charge is 0.411 e. The van der Waals surface area contributed by atoms with Crippen molar-refractivity contribution >= 4 is 45.7 Å². The maximum absolute atomic E-state index is 8.54. The summed E-state index contributed by atoms with van der Waals surface area (Å²) < 4.78 is 0. The molecular weight excluding hydrogens is 591 g/mol. The molecule has 0 aromatic heterocycles. The van der Waals surface area contributed by atoms with Crippen molar-refractivity contribution in [3.05, 3.63) is 0 Å². The monoisotopic (exact) mass is 634 g/mol. The first-order valence-corrected chi connectivity index (χ1v) is 11.9. The predicted octanol–water partition coefficient (Wildman–Crippen LogP) is 4.77. The van der Waals surface area contributed by atoms with Crippen LogP contribution in [-0.4, -0.2) is 92.7 Å². The molecule has 0 atom stereocenters. The van der Waals surface area contributed by atoms with Crippen LogP contribution < -0.4 is 0 Å². The molecule has 4 N–H and O–H groups in total. The predicted molar refractivity (Wildman–Crippen MR) is 150 cm³/mol. The van der Waals surface area contributed by atoms with Crippen LogP contribution in [0.2, 0.25) is 0 Å². The molecule has 0 unspecified atom stereocenters. The number of nitrogens with zero attached hydrogens (tertiary/aromatic N) is 8. The molecule has 0 aromatic rings. The molecule has 0 saturated carbocycles. The Balaban J connectivity index is -0.000000289.